The molecule has 0 fully saturated rings. The minimum atomic E-state index is -0.496. The van der Waals surface area contributed by atoms with E-state index in [9.17, 15) is 4.79 Å². The highest BCUT2D eigenvalue weighted by molar-refractivity contribution is 5.49. The Balaban J connectivity index is 2.54. The van der Waals surface area contributed by atoms with Gasteiger partial charge >= 0.3 is 5.56 Å². The summed E-state index contributed by atoms with van der Waals surface area (Å²) in [5.41, 5.74) is 5.40. The molecule has 0 aliphatic rings. The highest BCUT2D eigenvalue weighted by Crippen LogP contribution is 2.07. The average molecular weight is 189 g/mol. The van der Waals surface area contributed by atoms with Gasteiger partial charge in [0, 0.05) is 6.20 Å². The minimum absolute atomic E-state index is 0.111. The van der Waals surface area contributed by atoms with Crippen molar-refractivity contribution in [3.05, 3.63) is 34.7 Å². The van der Waals surface area contributed by atoms with Crippen LogP contribution in [0.1, 0.15) is 0 Å². The minimum Gasteiger partial charge on any atom is -0.379 e. The van der Waals surface area contributed by atoms with E-state index in [1.54, 1.807) is 24.4 Å². The molecule has 0 atom stereocenters. The third-order valence-corrected chi connectivity index (χ3v) is 1.62. The van der Waals surface area contributed by atoms with Gasteiger partial charge in [-0.2, -0.15) is 5.10 Å². The first kappa shape index (κ1) is 8.36. The van der Waals surface area contributed by atoms with Crippen LogP contribution in [0.25, 0.3) is 11.5 Å². The summed E-state index contributed by atoms with van der Waals surface area (Å²) in [6.45, 7) is 0. The van der Waals surface area contributed by atoms with Crippen molar-refractivity contribution in [2.45, 2.75) is 0 Å². The number of pyridine rings is 1. The van der Waals surface area contributed by atoms with Crippen molar-refractivity contribution in [2.75, 3.05) is 5.73 Å². The Morgan fingerprint density at radius 3 is 2.86 bits per heavy atom. The van der Waals surface area contributed by atoms with E-state index < -0.39 is 5.56 Å². The second-order valence-corrected chi connectivity index (χ2v) is 2.59. The van der Waals surface area contributed by atoms with Crippen LogP contribution < -0.4 is 11.3 Å². The number of aromatic amines is 1. The van der Waals surface area contributed by atoms with E-state index in [4.69, 9.17) is 5.73 Å². The molecule has 0 spiro atoms. The fraction of sp³-hybridized carbons (Fsp3) is 0. The first-order chi connectivity index (χ1) is 6.77. The van der Waals surface area contributed by atoms with Crippen molar-refractivity contribution in [1.29, 1.82) is 0 Å². The van der Waals surface area contributed by atoms with Crippen molar-refractivity contribution in [1.82, 2.24) is 20.2 Å². The monoisotopic (exact) mass is 189 g/mol. The number of nitrogen functional groups attached to an aromatic ring is 1. The van der Waals surface area contributed by atoms with Crippen LogP contribution in [0.3, 0.4) is 0 Å². The van der Waals surface area contributed by atoms with Gasteiger partial charge in [0.25, 0.3) is 0 Å². The third-order valence-electron chi connectivity index (χ3n) is 1.62. The number of anilines is 1. The van der Waals surface area contributed by atoms with E-state index >= 15 is 0 Å². The predicted molar refractivity (Wildman–Crippen MR) is 50.3 cm³/mol. The summed E-state index contributed by atoms with van der Waals surface area (Å²) in [5.74, 6) is 0.198. The molecule has 0 saturated carbocycles. The van der Waals surface area contributed by atoms with Crippen LogP contribution in [-0.2, 0) is 0 Å². The molecule has 70 valence electrons. The SMILES string of the molecule is Nc1nc(-c2ccccn2)n[nH]c1=O. The maximum Gasteiger partial charge on any atom is 0.306 e. The van der Waals surface area contributed by atoms with Gasteiger partial charge in [0.1, 0.15) is 5.69 Å². The Bertz CT molecular complexity index is 493. The number of H-pyrrole nitrogens is 1. The smallest absolute Gasteiger partial charge is 0.306 e. The molecule has 2 aromatic rings. The maximum absolute atomic E-state index is 10.9. The summed E-state index contributed by atoms with van der Waals surface area (Å²) in [6.07, 6.45) is 1.61. The fourth-order valence-corrected chi connectivity index (χ4v) is 0.960. The molecule has 2 heterocycles. The highest BCUT2D eigenvalue weighted by Gasteiger charge is 2.04. The molecule has 2 aromatic heterocycles. The molecule has 0 aliphatic carbocycles. The molecule has 2 rings (SSSR count). The van der Waals surface area contributed by atoms with Crippen LogP contribution >= 0.6 is 0 Å². The molecule has 0 radical (unpaired) electrons. The number of nitrogens with zero attached hydrogens (tertiary/aromatic N) is 3. The van der Waals surface area contributed by atoms with Crippen molar-refractivity contribution < 1.29 is 0 Å². The topological polar surface area (TPSA) is 97.5 Å². The van der Waals surface area contributed by atoms with Gasteiger partial charge in [-0.25, -0.2) is 10.1 Å². The Morgan fingerprint density at radius 2 is 2.21 bits per heavy atom. The molecule has 0 unspecified atom stereocenters. The fourth-order valence-electron chi connectivity index (χ4n) is 0.960. The molecule has 0 saturated heterocycles. The van der Waals surface area contributed by atoms with Crippen LogP contribution in [-0.4, -0.2) is 20.2 Å². The standard InChI is InChI=1S/C8H7N5O/c9-6-8(14)13-12-7(11-6)5-3-1-2-4-10-5/h1-4H,(H,13,14)(H2,9,11,12). The lowest BCUT2D eigenvalue weighted by atomic mass is 10.3. The molecule has 0 bridgehead atoms. The van der Waals surface area contributed by atoms with Crippen molar-refractivity contribution in [3.63, 3.8) is 0 Å². The second-order valence-electron chi connectivity index (χ2n) is 2.59. The van der Waals surface area contributed by atoms with Gasteiger partial charge in [-0.1, -0.05) is 6.07 Å². The zero-order valence-corrected chi connectivity index (χ0v) is 7.14. The molecule has 0 aromatic carbocycles. The lowest BCUT2D eigenvalue weighted by Crippen LogP contribution is -2.16. The zero-order chi connectivity index (χ0) is 9.97. The Hall–Kier alpha value is -2.24. The normalized spacial score (nSPS) is 10.0. The first-order valence-corrected chi connectivity index (χ1v) is 3.91. The van der Waals surface area contributed by atoms with Gasteiger partial charge in [-0.05, 0) is 12.1 Å². The summed E-state index contributed by atoms with van der Waals surface area (Å²) in [4.78, 5) is 18.7. The van der Waals surface area contributed by atoms with Crippen LogP contribution in [0.5, 0.6) is 0 Å². The van der Waals surface area contributed by atoms with E-state index in [0.717, 1.165) is 0 Å². The summed E-state index contributed by atoms with van der Waals surface area (Å²) in [5, 5.41) is 5.95. The highest BCUT2D eigenvalue weighted by atomic mass is 16.1. The summed E-state index contributed by atoms with van der Waals surface area (Å²) in [7, 11) is 0. The number of aromatic nitrogens is 4. The number of hydrogen-bond donors (Lipinski definition) is 2. The zero-order valence-electron chi connectivity index (χ0n) is 7.14. The molecule has 6 nitrogen and oxygen atoms in total. The van der Waals surface area contributed by atoms with E-state index in [-0.39, 0.29) is 5.82 Å². The molecule has 14 heavy (non-hydrogen) atoms. The van der Waals surface area contributed by atoms with Gasteiger partial charge in [-0.15, -0.1) is 0 Å². The molecule has 0 aliphatic heterocycles. The number of rotatable bonds is 1. The molecule has 3 N–H and O–H groups in total. The van der Waals surface area contributed by atoms with E-state index in [0.29, 0.717) is 11.5 Å². The summed E-state index contributed by atoms with van der Waals surface area (Å²) < 4.78 is 0. The second kappa shape index (κ2) is 3.25. The Kier molecular flexibility index (Phi) is 1.94. The van der Waals surface area contributed by atoms with Gasteiger partial charge in [0.05, 0.1) is 0 Å². The molecular weight excluding hydrogens is 182 g/mol. The summed E-state index contributed by atoms with van der Waals surface area (Å²) in [6, 6.07) is 5.30. The van der Waals surface area contributed by atoms with Crippen molar-refractivity contribution >= 4 is 5.82 Å². The number of nitrogens with two attached hydrogens (primary N) is 1. The quantitative estimate of drug-likeness (QED) is 0.647. The van der Waals surface area contributed by atoms with E-state index in [1.165, 1.54) is 0 Å². The first-order valence-electron chi connectivity index (χ1n) is 3.91. The predicted octanol–water partition coefficient (Wildman–Crippen LogP) is -0.191. The lowest BCUT2D eigenvalue weighted by Gasteiger charge is -1.97. The van der Waals surface area contributed by atoms with Crippen molar-refractivity contribution in [3.8, 4) is 11.5 Å². The van der Waals surface area contributed by atoms with E-state index in [2.05, 4.69) is 20.2 Å². The van der Waals surface area contributed by atoms with Gasteiger partial charge < -0.3 is 5.73 Å². The van der Waals surface area contributed by atoms with Crippen LogP contribution in [0.4, 0.5) is 5.82 Å². The largest absolute Gasteiger partial charge is 0.379 e. The average Bonchev–Trinajstić information content (AvgIpc) is 2.23. The Labute approximate surface area is 78.8 Å². The van der Waals surface area contributed by atoms with E-state index in [1.807, 2.05) is 0 Å². The van der Waals surface area contributed by atoms with Crippen LogP contribution in [0, 0.1) is 0 Å². The molecular formula is C8H7N5O. The van der Waals surface area contributed by atoms with Gasteiger partial charge in [0.2, 0.25) is 0 Å². The van der Waals surface area contributed by atoms with Gasteiger partial charge in [-0.3, -0.25) is 9.78 Å². The molecule has 6 heteroatoms. The van der Waals surface area contributed by atoms with Gasteiger partial charge in [0.15, 0.2) is 11.6 Å². The Morgan fingerprint density at radius 1 is 1.36 bits per heavy atom. The third kappa shape index (κ3) is 1.45. The maximum atomic E-state index is 10.9. The summed E-state index contributed by atoms with van der Waals surface area (Å²) >= 11 is 0. The lowest BCUT2D eigenvalue weighted by molar-refractivity contribution is 0.942. The van der Waals surface area contributed by atoms with Crippen molar-refractivity contribution in [2.24, 2.45) is 0 Å². The number of hydrogen-bond acceptors (Lipinski definition) is 5. The van der Waals surface area contributed by atoms with Crippen LogP contribution in [0.15, 0.2) is 29.2 Å². The molecule has 0 amide bonds. The van der Waals surface area contributed by atoms with Crippen LogP contribution in [0.2, 0.25) is 0 Å². The number of nitrogens with one attached hydrogen (secondary N) is 1.